The first kappa shape index (κ1) is 21.2. The van der Waals surface area contributed by atoms with Gasteiger partial charge in [0.15, 0.2) is 0 Å². The van der Waals surface area contributed by atoms with Gasteiger partial charge in [-0.1, -0.05) is 42.5 Å². The van der Waals surface area contributed by atoms with Crippen LogP contribution in [0.2, 0.25) is 0 Å². The summed E-state index contributed by atoms with van der Waals surface area (Å²) < 4.78 is 1.87. The Balaban J connectivity index is 1.50. The van der Waals surface area contributed by atoms with E-state index in [1.165, 1.54) is 0 Å². The highest BCUT2D eigenvalue weighted by atomic mass is 16.3. The lowest BCUT2D eigenvalue weighted by Gasteiger charge is -2.13. The van der Waals surface area contributed by atoms with Crippen molar-refractivity contribution in [2.24, 2.45) is 5.73 Å². The number of rotatable bonds is 6. The predicted molar refractivity (Wildman–Crippen MR) is 133 cm³/mol. The molecule has 0 saturated heterocycles. The molecule has 0 unspecified atom stereocenters. The molecule has 3 aromatic carbocycles. The first-order valence-electron chi connectivity index (χ1n) is 10.9. The number of phenols is 1. The molecule has 0 atom stereocenters. The van der Waals surface area contributed by atoms with Crippen molar-refractivity contribution in [3.8, 4) is 5.75 Å². The number of aromatic nitrogens is 2. The molecule has 7 nitrogen and oxygen atoms in total. The average Bonchev–Trinajstić information content (AvgIpc) is 3.22. The Morgan fingerprint density at radius 3 is 2.68 bits per heavy atom. The predicted octanol–water partition coefficient (Wildman–Crippen LogP) is 4.16. The van der Waals surface area contributed by atoms with E-state index in [1.807, 2.05) is 59.2 Å². The van der Waals surface area contributed by atoms with Crippen LogP contribution in [0, 0.1) is 5.41 Å². The van der Waals surface area contributed by atoms with Crippen LogP contribution in [0.5, 0.6) is 5.75 Å². The summed E-state index contributed by atoms with van der Waals surface area (Å²) in [6, 6.07) is 24.0. The minimum absolute atomic E-state index is 0.0144. The maximum absolute atomic E-state index is 13.3. The van der Waals surface area contributed by atoms with E-state index < -0.39 is 0 Å². The fraction of sp³-hybridized carbons (Fsp3) is 0.0741. The second-order valence-electron chi connectivity index (χ2n) is 8.11. The first-order valence-corrected chi connectivity index (χ1v) is 10.9. The molecule has 5 rings (SSSR count). The Hall–Kier alpha value is -4.65. The number of pyridine rings is 1. The van der Waals surface area contributed by atoms with Gasteiger partial charge in [-0.2, -0.15) is 0 Å². The van der Waals surface area contributed by atoms with Crippen LogP contribution in [-0.2, 0) is 13.1 Å². The second kappa shape index (κ2) is 8.71. The van der Waals surface area contributed by atoms with Gasteiger partial charge in [0.2, 0.25) is 0 Å². The number of carbonyl (C=O) groups is 1. The Labute approximate surface area is 196 Å². The molecule has 0 aliphatic carbocycles. The lowest BCUT2D eigenvalue weighted by atomic mass is 10.1. The minimum atomic E-state index is -0.251. The first-order chi connectivity index (χ1) is 16.5. The number of aromatic hydroxyl groups is 1. The second-order valence-corrected chi connectivity index (χ2v) is 8.11. The van der Waals surface area contributed by atoms with Gasteiger partial charge in [-0.15, -0.1) is 0 Å². The number of nitrogen functional groups attached to an aromatic ring is 1. The quantitative estimate of drug-likeness (QED) is 0.230. The summed E-state index contributed by atoms with van der Waals surface area (Å²) in [5.74, 6) is -0.151. The molecule has 0 spiro atoms. The molecule has 7 heteroatoms. The van der Waals surface area contributed by atoms with Gasteiger partial charge in [0.25, 0.3) is 5.91 Å². The van der Waals surface area contributed by atoms with E-state index in [-0.39, 0.29) is 17.5 Å². The number of amides is 1. The maximum atomic E-state index is 13.3. The van der Waals surface area contributed by atoms with E-state index in [9.17, 15) is 9.90 Å². The third kappa shape index (κ3) is 3.95. The van der Waals surface area contributed by atoms with Crippen LogP contribution < -0.4 is 11.1 Å². The number of nitrogens with one attached hydrogen (secondary N) is 2. The van der Waals surface area contributed by atoms with Crippen molar-refractivity contribution in [2.75, 3.05) is 0 Å². The zero-order chi connectivity index (χ0) is 23.7. The van der Waals surface area contributed by atoms with Gasteiger partial charge in [0, 0.05) is 35.6 Å². The summed E-state index contributed by atoms with van der Waals surface area (Å²) in [5, 5.41) is 22.7. The topological polar surface area (TPSA) is 117 Å². The zero-order valence-corrected chi connectivity index (χ0v) is 18.3. The molecule has 1 amide bonds. The van der Waals surface area contributed by atoms with E-state index in [4.69, 9.17) is 11.1 Å². The molecular formula is C27H23N5O2. The third-order valence-corrected chi connectivity index (χ3v) is 5.91. The molecule has 2 heterocycles. The van der Waals surface area contributed by atoms with Gasteiger partial charge in [-0.25, -0.2) is 0 Å². The van der Waals surface area contributed by atoms with Crippen molar-refractivity contribution in [3.05, 3.63) is 107 Å². The van der Waals surface area contributed by atoms with Crippen LogP contribution in [0.1, 0.15) is 27.2 Å². The van der Waals surface area contributed by atoms with Crippen LogP contribution in [0.25, 0.3) is 21.8 Å². The molecule has 5 N–H and O–H groups in total. The van der Waals surface area contributed by atoms with Crippen molar-refractivity contribution in [1.82, 2.24) is 14.9 Å². The number of phenolic OH excluding ortho intramolecular Hbond substituents is 1. The highest BCUT2D eigenvalue weighted by Gasteiger charge is 2.18. The molecule has 0 radical (unpaired) electrons. The van der Waals surface area contributed by atoms with Crippen molar-refractivity contribution < 1.29 is 9.90 Å². The summed E-state index contributed by atoms with van der Waals surface area (Å²) in [6.07, 6.45) is 1.74. The Morgan fingerprint density at radius 2 is 1.82 bits per heavy atom. The molecule has 0 bridgehead atoms. The highest BCUT2D eigenvalue weighted by Crippen LogP contribution is 2.29. The Morgan fingerprint density at radius 1 is 1.00 bits per heavy atom. The zero-order valence-electron chi connectivity index (χ0n) is 18.3. The molecular weight excluding hydrogens is 426 g/mol. The SMILES string of the molecule is N=C(N)c1cccc(Cn2c(C(=O)NCc3ccnc4ccccc34)cc3c(O)cccc32)c1. The summed E-state index contributed by atoms with van der Waals surface area (Å²) >= 11 is 0. The fourth-order valence-corrected chi connectivity index (χ4v) is 4.22. The largest absolute Gasteiger partial charge is 0.507 e. The number of carbonyl (C=O) groups excluding carboxylic acids is 1. The number of nitrogens with zero attached hydrogens (tertiary/aromatic N) is 2. The van der Waals surface area contributed by atoms with Crippen molar-refractivity contribution in [1.29, 1.82) is 5.41 Å². The van der Waals surface area contributed by atoms with Gasteiger partial charge in [-0.05, 0) is 47.5 Å². The van der Waals surface area contributed by atoms with E-state index >= 15 is 0 Å². The number of hydrogen-bond acceptors (Lipinski definition) is 4. The summed E-state index contributed by atoms with van der Waals surface area (Å²) in [4.78, 5) is 17.7. The molecule has 0 aliphatic heterocycles. The van der Waals surface area contributed by atoms with Gasteiger partial charge in [0.05, 0.1) is 11.0 Å². The fourth-order valence-electron chi connectivity index (χ4n) is 4.22. The third-order valence-electron chi connectivity index (χ3n) is 5.91. The number of hydrogen-bond donors (Lipinski definition) is 4. The molecule has 168 valence electrons. The smallest absolute Gasteiger partial charge is 0.268 e. The molecule has 34 heavy (non-hydrogen) atoms. The maximum Gasteiger partial charge on any atom is 0.268 e. The van der Waals surface area contributed by atoms with Crippen LogP contribution >= 0.6 is 0 Å². The molecule has 0 aliphatic rings. The van der Waals surface area contributed by atoms with E-state index in [0.717, 1.165) is 27.5 Å². The Bertz CT molecular complexity index is 1550. The van der Waals surface area contributed by atoms with Crippen molar-refractivity contribution in [3.63, 3.8) is 0 Å². The standard InChI is InChI=1S/C27H23N5O2/c28-26(29)18-6-3-5-17(13-18)16-32-23-9-4-10-25(33)21(23)14-24(32)27(34)31-15-19-11-12-30-22-8-2-1-7-20(19)22/h1-14,33H,15-16H2,(H3,28,29)(H,31,34). The molecule has 0 fully saturated rings. The number of amidine groups is 1. The van der Waals surface area contributed by atoms with Crippen LogP contribution in [0.4, 0.5) is 0 Å². The number of benzene rings is 3. The van der Waals surface area contributed by atoms with Crippen LogP contribution in [0.3, 0.4) is 0 Å². The van der Waals surface area contributed by atoms with Gasteiger partial charge in [0.1, 0.15) is 17.3 Å². The lowest BCUT2D eigenvalue weighted by Crippen LogP contribution is -2.25. The highest BCUT2D eigenvalue weighted by molar-refractivity contribution is 6.00. The van der Waals surface area contributed by atoms with Crippen molar-refractivity contribution >= 4 is 33.5 Å². The minimum Gasteiger partial charge on any atom is -0.507 e. The molecule has 2 aromatic heterocycles. The van der Waals surface area contributed by atoms with Crippen LogP contribution in [-0.4, -0.2) is 26.4 Å². The van der Waals surface area contributed by atoms with Crippen molar-refractivity contribution in [2.45, 2.75) is 13.1 Å². The summed E-state index contributed by atoms with van der Waals surface area (Å²) in [6.45, 7) is 0.726. The number of para-hydroxylation sites is 1. The van der Waals surface area contributed by atoms with E-state index in [0.29, 0.717) is 29.7 Å². The Kier molecular flexibility index (Phi) is 5.43. The number of nitrogens with two attached hydrogens (primary N) is 1. The van der Waals surface area contributed by atoms with Gasteiger partial charge in [-0.3, -0.25) is 15.2 Å². The van der Waals surface area contributed by atoms with Crippen LogP contribution in [0.15, 0.2) is 85.1 Å². The average molecular weight is 450 g/mol. The molecule has 0 saturated carbocycles. The monoisotopic (exact) mass is 449 g/mol. The molecule has 5 aromatic rings. The van der Waals surface area contributed by atoms with Gasteiger partial charge >= 0.3 is 0 Å². The van der Waals surface area contributed by atoms with E-state index in [2.05, 4.69) is 10.3 Å². The van der Waals surface area contributed by atoms with Gasteiger partial charge < -0.3 is 20.7 Å². The summed E-state index contributed by atoms with van der Waals surface area (Å²) in [5.41, 5.74) is 10.2. The van der Waals surface area contributed by atoms with E-state index in [1.54, 1.807) is 30.5 Å². The lowest BCUT2D eigenvalue weighted by molar-refractivity contribution is 0.0942. The normalized spacial score (nSPS) is 11.1. The summed E-state index contributed by atoms with van der Waals surface area (Å²) in [7, 11) is 0. The number of fused-ring (bicyclic) bond motifs is 2.